The first-order valence-corrected chi connectivity index (χ1v) is 7.86. The van der Waals surface area contributed by atoms with Gasteiger partial charge in [0.2, 0.25) is 5.91 Å². The quantitative estimate of drug-likeness (QED) is 0.853. The summed E-state index contributed by atoms with van der Waals surface area (Å²) in [5.74, 6) is 0.0650. The van der Waals surface area contributed by atoms with Crippen molar-refractivity contribution in [2.24, 2.45) is 0 Å². The van der Waals surface area contributed by atoms with Gasteiger partial charge in [0.05, 0.1) is 12.0 Å². The van der Waals surface area contributed by atoms with Crippen molar-refractivity contribution in [2.45, 2.75) is 40.2 Å². The summed E-state index contributed by atoms with van der Waals surface area (Å²) in [5.41, 5.74) is 2.45. The molecule has 5 nitrogen and oxygen atoms in total. The Balaban J connectivity index is 2.24. The molecule has 1 aromatic heterocycles. The minimum Gasteiger partial charge on any atom is -0.311 e. The molecule has 0 aliphatic rings. The lowest BCUT2D eigenvalue weighted by Gasteiger charge is -2.23. The topological polar surface area (TPSA) is 55.2 Å². The Kier molecular flexibility index (Phi) is 5.32. The number of hydrogen-bond acceptors (Lipinski definition) is 3. The normalized spacial score (nSPS) is 10.8. The minimum absolute atomic E-state index is 0.00756. The molecule has 23 heavy (non-hydrogen) atoms. The van der Waals surface area contributed by atoms with E-state index in [1.165, 1.54) is 17.0 Å². The van der Waals surface area contributed by atoms with Crippen LogP contribution in [0.4, 0.5) is 5.69 Å². The summed E-state index contributed by atoms with van der Waals surface area (Å²) in [6.07, 6.45) is 1.46. The Morgan fingerprint density at radius 1 is 1.30 bits per heavy atom. The molecular formula is C18H23N3O2. The number of amides is 1. The van der Waals surface area contributed by atoms with E-state index < -0.39 is 0 Å². The maximum Gasteiger partial charge on any atom is 0.254 e. The molecule has 0 N–H and O–H groups in total. The van der Waals surface area contributed by atoms with Gasteiger partial charge in [-0.3, -0.25) is 14.2 Å². The van der Waals surface area contributed by atoms with E-state index in [1.54, 1.807) is 4.90 Å². The highest BCUT2D eigenvalue weighted by atomic mass is 16.2. The Morgan fingerprint density at radius 3 is 2.57 bits per heavy atom. The second-order valence-corrected chi connectivity index (χ2v) is 5.86. The first-order valence-electron chi connectivity index (χ1n) is 7.86. The van der Waals surface area contributed by atoms with Gasteiger partial charge in [-0.25, -0.2) is 4.98 Å². The van der Waals surface area contributed by atoms with Crippen LogP contribution in [-0.2, 0) is 11.3 Å². The zero-order valence-electron chi connectivity index (χ0n) is 14.1. The van der Waals surface area contributed by atoms with Crippen molar-refractivity contribution in [3.63, 3.8) is 0 Å². The smallest absolute Gasteiger partial charge is 0.254 e. The van der Waals surface area contributed by atoms with E-state index in [0.717, 1.165) is 16.9 Å². The van der Waals surface area contributed by atoms with Crippen LogP contribution in [0, 0.1) is 6.92 Å². The molecule has 0 spiro atoms. The molecule has 122 valence electrons. The summed E-state index contributed by atoms with van der Waals surface area (Å²) >= 11 is 0. The predicted octanol–water partition coefficient (Wildman–Crippen LogP) is 2.73. The lowest BCUT2D eigenvalue weighted by atomic mass is 10.1. The van der Waals surface area contributed by atoms with E-state index in [2.05, 4.69) is 4.98 Å². The third kappa shape index (κ3) is 3.86. The van der Waals surface area contributed by atoms with Crippen LogP contribution >= 0.6 is 0 Å². The molecule has 0 aliphatic carbocycles. The fraction of sp³-hybridized carbons (Fsp3) is 0.389. The van der Waals surface area contributed by atoms with E-state index in [1.807, 2.05) is 52.0 Å². The summed E-state index contributed by atoms with van der Waals surface area (Å²) in [5, 5.41) is 0. The highest BCUT2D eigenvalue weighted by Gasteiger charge is 2.16. The maximum absolute atomic E-state index is 12.6. The number of rotatable bonds is 5. The third-order valence-electron chi connectivity index (χ3n) is 3.82. The summed E-state index contributed by atoms with van der Waals surface area (Å²) in [6, 6.07) is 9.23. The Hall–Kier alpha value is -2.43. The van der Waals surface area contributed by atoms with Gasteiger partial charge in [-0.1, -0.05) is 32.0 Å². The average Bonchev–Trinajstić information content (AvgIpc) is 2.51. The third-order valence-corrected chi connectivity index (χ3v) is 3.82. The summed E-state index contributed by atoms with van der Waals surface area (Å²) < 4.78 is 1.36. The van der Waals surface area contributed by atoms with Crippen LogP contribution in [0.3, 0.4) is 0 Å². The predicted molar refractivity (Wildman–Crippen MR) is 91.8 cm³/mol. The number of nitrogens with zero attached hydrogens (tertiary/aromatic N) is 3. The molecule has 1 heterocycles. The van der Waals surface area contributed by atoms with Crippen LogP contribution in [-0.4, -0.2) is 22.0 Å². The van der Waals surface area contributed by atoms with Crippen LogP contribution in [0.15, 0.2) is 41.5 Å². The lowest BCUT2D eigenvalue weighted by Crippen LogP contribution is -2.37. The monoisotopic (exact) mass is 313 g/mol. The number of para-hydroxylation sites is 1. The average molecular weight is 313 g/mol. The number of aromatic nitrogens is 2. The van der Waals surface area contributed by atoms with Crippen LogP contribution in [0.2, 0.25) is 0 Å². The zero-order valence-corrected chi connectivity index (χ0v) is 14.1. The lowest BCUT2D eigenvalue weighted by molar-refractivity contribution is -0.119. The number of aryl methyl sites for hydroxylation is 1. The molecule has 0 radical (unpaired) electrons. The van der Waals surface area contributed by atoms with Crippen molar-refractivity contribution in [3.8, 4) is 0 Å². The number of benzene rings is 1. The minimum atomic E-state index is -0.196. The molecule has 1 amide bonds. The van der Waals surface area contributed by atoms with Crippen LogP contribution in [0.5, 0.6) is 0 Å². The maximum atomic E-state index is 12.6. The van der Waals surface area contributed by atoms with Crippen molar-refractivity contribution in [1.82, 2.24) is 9.55 Å². The molecule has 0 saturated heterocycles. The molecule has 0 saturated carbocycles. The molecule has 0 aliphatic heterocycles. The Bertz CT molecular complexity index is 750. The molecule has 2 aromatic rings. The Labute approximate surface area is 136 Å². The molecule has 5 heteroatoms. The van der Waals surface area contributed by atoms with Gasteiger partial charge >= 0.3 is 0 Å². The molecular weight excluding hydrogens is 290 g/mol. The zero-order chi connectivity index (χ0) is 17.0. The van der Waals surface area contributed by atoms with Gasteiger partial charge < -0.3 is 4.90 Å². The highest BCUT2D eigenvalue weighted by Crippen LogP contribution is 2.19. The van der Waals surface area contributed by atoms with Gasteiger partial charge in [0.25, 0.3) is 5.56 Å². The largest absolute Gasteiger partial charge is 0.311 e. The number of anilines is 1. The van der Waals surface area contributed by atoms with Gasteiger partial charge in [-0.2, -0.15) is 0 Å². The van der Waals surface area contributed by atoms with Gasteiger partial charge in [-0.15, -0.1) is 0 Å². The molecule has 1 aromatic carbocycles. The van der Waals surface area contributed by atoms with E-state index in [9.17, 15) is 9.59 Å². The fourth-order valence-electron chi connectivity index (χ4n) is 2.45. The van der Waals surface area contributed by atoms with Gasteiger partial charge in [0.15, 0.2) is 0 Å². The highest BCUT2D eigenvalue weighted by molar-refractivity contribution is 5.93. The number of hydrogen-bond donors (Lipinski definition) is 0. The molecule has 2 rings (SSSR count). The van der Waals surface area contributed by atoms with Gasteiger partial charge in [0, 0.05) is 18.3 Å². The molecule has 0 unspecified atom stereocenters. The molecule has 0 atom stereocenters. The van der Waals surface area contributed by atoms with Crippen molar-refractivity contribution in [2.75, 3.05) is 11.4 Å². The standard InChI is InChI=1S/C18H23N3O2/c1-5-21(16-9-7-6-8-14(16)4)18(23)11-20-12-19-15(13(2)3)10-17(20)22/h6-10,12-13H,5,11H2,1-4H3. The second kappa shape index (κ2) is 7.22. The first kappa shape index (κ1) is 16.9. The van der Waals surface area contributed by atoms with Gasteiger partial charge in [0.1, 0.15) is 6.54 Å². The van der Waals surface area contributed by atoms with E-state index in [0.29, 0.717) is 6.54 Å². The molecule has 0 bridgehead atoms. The molecule has 0 fully saturated rings. The SMILES string of the molecule is CCN(C(=O)Cn1cnc(C(C)C)cc1=O)c1ccccc1C. The van der Waals surface area contributed by atoms with Crippen LogP contribution in [0.1, 0.15) is 37.9 Å². The summed E-state index contributed by atoms with van der Waals surface area (Å²) in [4.78, 5) is 30.7. The summed E-state index contributed by atoms with van der Waals surface area (Å²) in [7, 11) is 0. The van der Waals surface area contributed by atoms with E-state index in [-0.39, 0.29) is 23.9 Å². The number of likely N-dealkylation sites (N-methyl/N-ethyl adjacent to an activating group) is 1. The van der Waals surface area contributed by atoms with Crippen molar-refractivity contribution in [1.29, 1.82) is 0 Å². The second-order valence-electron chi connectivity index (χ2n) is 5.86. The summed E-state index contributed by atoms with van der Waals surface area (Å²) in [6.45, 7) is 8.40. The van der Waals surface area contributed by atoms with Crippen molar-refractivity contribution in [3.05, 3.63) is 58.3 Å². The fourth-order valence-corrected chi connectivity index (χ4v) is 2.45. The number of carbonyl (C=O) groups excluding carboxylic acids is 1. The van der Waals surface area contributed by atoms with Crippen LogP contribution < -0.4 is 10.5 Å². The van der Waals surface area contributed by atoms with Crippen LogP contribution in [0.25, 0.3) is 0 Å². The Morgan fingerprint density at radius 2 is 2.00 bits per heavy atom. The van der Waals surface area contributed by atoms with Crippen molar-refractivity contribution >= 4 is 11.6 Å². The van der Waals surface area contributed by atoms with Gasteiger partial charge in [-0.05, 0) is 31.4 Å². The van der Waals surface area contributed by atoms with E-state index >= 15 is 0 Å². The number of carbonyl (C=O) groups is 1. The first-order chi connectivity index (χ1) is 10.9. The van der Waals surface area contributed by atoms with E-state index in [4.69, 9.17) is 0 Å². The van der Waals surface area contributed by atoms with Crippen molar-refractivity contribution < 1.29 is 4.79 Å².